The number of nitrogens with zero attached hydrogens (tertiary/aromatic N) is 1. The summed E-state index contributed by atoms with van der Waals surface area (Å²) in [5, 5.41) is 25.8. The van der Waals surface area contributed by atoms with Gasteiger partial charge in [-0.1, -0.05) is 49.4 Å². The molecule has 2 atom stereocenters. The lowest BCUT2D eigenvalue weighted by Gasteiger charge is -2.31. The minimum atomic E-state index is -3.47. The standard InChI is InChI=1S/C34H42N4O5S.CH2O2/c1-5-24-21-35-32-28(24)18-25(19-30(32)38-15-10-16-44(38,41)42)33(40)37-29(17-23-11-7-6-8-12-23)31(39)22-36-34(2,3)26-13-9-14-27(20-26)43-4;2-1-3/h6-9,11-14,18-21,29,31,35-36,39H,5,10,15-17,22H2,1-4H3,(H,37,40);1H,(H,2,3)/t29-,31+;/m0./s1. The summed E-state index contributed by atoms with van der Waals surface area (Å²) in [5.74, 6) is 0.454. The van der Waals surface area contributed by atoms with Crippen LogP contribution in [0.25, 0.3) is 10.9 Å². The second-order valence-corrected chi connectivity index (χ2v) is 14.0. The number of nitrogens with one attached hydrogen (secondary N) is 3. The van der Waals surface area contributed by atoms with Gasteiger partial charge in [0.05, 0.1) is 36.2 Å². The van der Waals surface area contributed by atoms with Crippen LogP contribution in [0, 0.1) is 0 Å². The summed E-state index contributed by atoms with van der Waals surface area (Å²) in [6, 6.07) is 20.3. The van der Waals surface area contributed by atoms with Gasteiger partial charge in [-0.3, -0.25) is 13.9 Å². The van der Waals surface area contributed by atoms with Gasteiger partial charge in [-0.15, -0.1) is 0 Å². The Bertz CT molecular complexity index is 1770. The van der Waals surface area contributed by atoms with E-state index in [1.165, 1.54) is 4.31 Å². The zero-order chi connectivity index (χ0) is 34.2. The van der Waals surface area contributed by atoms with Gasteiger partial charge in [0, 0.05) is 35.8 Å². The Labute approximate surface area is 276 Å². The number of methoxy groups -OCH3 is 1. The van der Waals surface area contributed by atoms with Gasteiger partial charge in [-0.25, -0.2) is 8.42 Å². The molecule has 1 aliphatic heterocycles. The molecule has 5 rings (SSSR count). The van der Waals surface area contributed by atoms with E-state index in [-0.39, 0.29) is 24.7 Å². The van der Waals surface area contributed by atoms with E-state index in [4.69, 9.17) is 14.6 Å². The molecule has 1 amide bonds. The van der Waals surface area contributed by atoms with E-state index in [1.54, 1.807) is 13.2 Å². The van der Waals surface area contributed by atoms with Crippen LogP contribution in [0.4, 0.5) is 5.69 Å². The molecule has 1 aliphatic rings. The highest BCUT2D eigenvalue weighted by Gasteiger charge is 2.32. The molecule has 0 spiro atoms. The van der Waals surface area contributed by atoms with E-state index in [1.807, 2.05) is 87.6 Å². The monoisotopic (exact) mass is 664 g/mol. The van der Waals surface area contributed by atoms with Gasteiger partial charge in [0.1, 0.15) is 5.75 Å². The third kappa shape index (κ3) is 8.51. The molecule has 0 aliphatic carbocycles. The number of amides is 1. The first-order valence-electron chi connectivity index (χ1n) is 15.6. The van der Waals surface area contributed by atoms with Crippen LogP contribution >= 0.6 is 0 Å². The molecule has 1 aromatic heterocycles. The van der Waals surface area contributed by atoms with Gasteiger partial charge in [0.2, 0.25) is 10.0 Å². The maximum Gasteiger partial charge on any atom is 0.290 e. The van der Waals surface area contributed by atoms with Crippen LogP contribution < -0.4 is 19.7 Å². The van der Waals surface area contributed by atoms with Gasteiger partial charge >= 0.3 is 0 Å². The number of aliphatic hydroxyl groups excluding tert-OH is 1. The lowest BCUT2D eigenvalue weighted by molar-refractivity contribution is -0.122. The molecule has 252 valence electrons. The van der Waals surface area contributed by atoms with E-state index in [0.29, 0.717) is 36.2 Å². The summed E-state index contributed by atoms with van der Waals surface area (Å²) < 4.78 is 32.6. The summed E-state index contributed by atoms with van der Waals surface area (Å²) in [5.41, 5.74) is 4.02. The molecule has 11 nitrogen and oxygen atoms in total. The number of carbonyl (C=O) groups excluding carboxylic acids is 1. The average Bonchev–Trinajstić information content (AvgIpc) is 3.65. The Morgan fingerprint density at radius 3 is 2.49 bits per heavy atom. The van der Waals surface area contributed by atoms with Crippen LogP contribution in [0.15, 0.2) is 72.9 Å². The Morgan fingerprint density at radius 1 is 1.13 bits per heavy atom. The number of rotatable bonds is 12. The predicted molar refractivity (Wildman–Crippen MR) is 184 cm³/mol. The van der Waals surface area contributed by atoms with Crippen molar-refractivity contribution >= 4 is 39.0 Å². The number of ether oxygens (including phenoxy) is 1. The molecule has 5 N–H and O–H groups in total. The number of aromatic amines is 1. The molecule has 3 aromatic carbocycles. The molecule has 0 bridgehead atoms. The number of aromatic nitrogens is 1. The second kappa shape index (κ2) is 15.5. The number of hydrogen-bond donors (Lipinski definition) is 5. The lowest BCUT2D eigenvalue weighted by atomic mass is 9.93. The molecule has 0 radical (unpaired) electrons. The molecule has 12 heteroatoms. The fourth-order valence-electron chi connectivity index (χ4n) is 5.82. The fraction of sp³-hybridized carbons (Fsp3) is 0.371. The minimum Gasteiger partial charge on any atom is -0.497 e. The van der Waals surface area contributed by atoms with Gasteiger partial charge in [-0.05, 0) is 74.1 Å². The maximum absolute atomic E-state index is 13.9. The number of aryl methyl sites for hydroxylation is 1. The van der Waals surface area contributed by atoms with Gasteiger partial charge in [0.25, 0.3) is 12.4 Å². The van der Waals surface area contributed by atoms with Gasteiger partial charge in [-0.2, -0.15) is 0 Å². The number of aliphatic hydroxyl groups is 1. The number of sulfonamides is 1. The van der Waals surface area contributed by atoms with Crippen LogP contribution in [0.2, 0.25) is 0 Å². The van der Waals surface area contributed by atoms with Crippen molar-refractivity contribution in [3.63, 3.8) is 0 Å². The largest absolute Gasteiger partial charge is 0.497 e. The first-order valence-corrected chi connectivity index (χ1v) is 17.2. The summed E-state index contributed by atoms with van der Waals surface area (Å²) >= 11 is 0. The highest BCUT2D eigenvalue weighted by atomic mass is 32.2. The zero-order valence-electron chi connectivity index (χ0n) is 27.2. The van der Waals surface area contributed by atoms with Crippen molar-refractivity contribution in [2.45, 2.75) is 57.7 Å². The molecule has 4 aromatic rings. The second-order valence-electron chi connectivity index (χ2n) is 12.0. The van der Waals surface area contributed by atoms with Crippen molar-refractivity contribution in [2.24, 2.45) is 0 Å². The van der Waals surface area contributed by atoms with E-state index in [0.717, 1.165) is 34.2 Å². The number of hydrogen-bond acceptors (Lipinski definition) is 7. The molecule has 0 unspecified atom stereocenters. The van der Waals surface area contributed by atoms with Crippen molar-refractivity contribution in [1.29, 1.82) is 0 Å². The Kier molecular flexibility index (Phi) is 11.7. The minimum absolute atomic E-state index is 0.0801. The lowest BCUT2D eigenvalue weighted by Crippen LogP contribution is -2.51. The molecule has 2 heterocycles. The van der Waals surface area contributed by atoms with Crippen molar-refractivity contribution in [3.05, 3.63) is 95.2 Å². The van der Waals surface area contributed by atoms with Crippen LogP contribution in [-0.2, 0) is 33.2 Å². The number of carboxylic acid groups (broad SMARTS) is 1. The van der Waals surface area contributed by atoms with E-state index in [9.17, 15) is 18.3 Å². The summed E-state index contributed by atoms with van der Waals surface area (Å²) in [6.45, 7) is 6.42. The van der Waals surface area contributed by atoms with Crippen LogP contribution in [-0.4, -0.2) is 74.1 Å². The Balaban J connectivity index is 0.00000160. The van der Waals surface area contributed by atoms with E-state index in [2.05, 4.69) is 15.6 Å². The normalized spacial score (nSPS) is 15.4. The van der Waals surface area contributed by atoms with Gasteiger partial charge < -0.3 is 30.6 Å². The van der Waals surface area contributed by atoms with E-state index < -0.39 is 27.7 Å². The highest BCUT2D eigenvalue weighted by Crippen LogP contribution is 2.34. The number of benzene rings is 3. The molecule has 1 fully saturated rings. The summed E-state index contributed by atoms with van der Waals surface area (Å²) in [7, 11) is -1.84. The number of carbonyl (C=O) groups is 2. The number of anilines is 1. The van der Waals surface area contributed by atoms with Crippen molar-refractivity contribution in [1.82, 2.24) is 15.6 Å². The maximum atomic E-state index is 13.9. The summed E-state index contributed by atoms with van der Waals surface area (Å²) in [6.07, 6.45) is 2.61. The van der Waals surface area contributed by atoms with Gasteiger partial charge in [0.15, 0.2) is 0 Å². The van der Waals surface area contributed by atoms with Crippen molar-refractivity contribution < 1.29 is 33.0 Å². The SMILES string of the molecule is CCc1c[nH]c2c(N3CCCS3(=O)=O)cc(C(=O)N[C@@H](Cc3ccccc3)[C@H](O)CNC(C)(C)c3cccc(OC)c3)cc12.O=CO. The average molecular weight is 665 g/mol. The van der Waals surface area contributed by atoms with Crippen molar-refractivity contribution in [2.75, 3.05) is 30.3 Å². The Morgan fingerprint density at radius 2 is 1.85 bits per heavy atom. The predicted octanol–water partition coefficient (Wildman–Crippen LogP) is 4.21. The summed E-state index contributed by atoms with van der Waals surface area (Å²) in [4.78, 5) is 25.5. The molecule has 47 heavy (non-hydrogen) atoms. The first-order chi connectivity index (χ1) is 22.4. The number of H-pyrrole nitrogens is 1. The molecule has 0 saturated carbocycles. The van der Waals surface area contributed by atoms with Crippen molar-refractivity contribution in [3.8, 4) is 5.75 Å². The van der Waals surface area contributed by atoms with Crippen LogP contribution in [0.5, 0.6) is 5.75 Å². The third-order valence-corrected chi connectivity index (χ3v) is 10.3. The topological polar surface area (TPSA) is 161 Å². The third-order valence-electron chi connectivity index (χ3n) is 8.49. The zero-order valence-corrected chi connectivity index (χ0v) is 28.0. The number of fused-ring (bicyclic) bond motifs is 1. The fourth-order valence-corrected chi connectivity index (χ4v) is 7.38. The smallest absolute Gasteiger partial charge is 0.290 e. The Hall–Kier alpha value is -4.39. The van der Waals surface area contributed by atoms with E-state index >= 15 is 0 Å². The highest BCUT2D eigenvalue weighted by molar-refractivity contribution is 7.93. The first kappa shape index (κ1) is 35.5. The van der Waals surface area contributed by atoms with Crippen LogP contribution in [0.1, 0.15) is 54.2 Å². The van der Waals surface area contributed by atoms with Crippen LogP contribution in [0.3, 0.4) is 0 Å². The molecular formula is C35H44N4O7S. The quantitative estimate of drug-likeness (QED) is 0.141. The molecular weight excluding hydrogens is 620 g/mol. The molecule has 1 saturated heterocycles.